The molecule has 0 atom stereocenters. The van der Waals surface area contributed by atoms with Gasteiger partial charge < -0.3 is 4.42 Å². The van der Waals surface area contributed by atoms with Crippen LogP contribution in [0.4, 0.5) is 5.88 Å². The van der Waals surface area contributed by atoms with Crippen LogP contribution >= 0.6 is 0 Å². The fourth-order valence-corrected chi connectivity index (χ4v) is 1.40. The number of nitriles is 1. The Morgan fingerprint density at radius 3 is 2.88 bits per heavy atom. The van der Waals surface area contributed by atoms with Gasteiger partial charge in [-0.2, -0.15) is 5.26 Å². The van der Waals surface area contributed by atoms with E-state index in [1.54, 1.807) is 6.07 Å². The van der Waals surface area contributed by atoms with Gasteiger partial charge in [0.05, 0.1) is 25.2 Å². The van der Waals surface area contributed by atoms with E-state index in [9.17, 15) is 10.1 Å². The Morgan fingerprint density at radius 2 is 2.38 bits per heavy atom. The van der Waals surface area contributed by atoms with Gasteiger partial charge in [-0.15, -0.1) is 0 Å². The summed E-state index contributed by atoms with van der Waals surface area (Å²) in [5, 5.41) is 19.0. The molecular formula is C10H13N3O3. The predicted molar refractivity (Wildman–Crippen MR) is 56.5 cm³/mol. The molecule has 1 heterocycles. The minimum Gasteiger partial charge on any atom is -0.404 e. The first kappa shape index (κ1) is 12.2. The van der Waals surface area contributed by atoms with Crippen molar-refractivity contribution < 1.29 is 9.34 Å². The van der Waals surface area contributed by atoms with E-state index >= 15 is 0 Å². The van der Waals surface area contributed by atoms with Crippen molar-refractivity contribution >= 4 is 5.88 Å². The molecule has 0 bridgehead atoms. The minimum absolute atomic E-state index is 0.261. The number of hydrogen-bond acceptors (Lipinski definition) is 5. The van der Waals surface area contributed by atoms with E-state index in [-0.39, 0.29) is 5.88 Å². The summed E-state index contributed by atoms with van der Waals surface area (Å²) in [5.41, 5.74) is 0. The molecule has 1 rings (SSSR count). The molecule has 0 aliphatic heterocycles. The highest BCUT2D eigenvalue weighted by atomic mass is 16.6. The van der Waals surface area contributed by atoms with Crippen LogP contribution in [0.5, 0.6) is 0 Å². The highest BCUT2D eigenvalue weighted by Gasteiger charge is 2.13. The summed E-state index contributed by atoms with van der Waals surface area (Å²) in [6.07, 6.45) is 0.921. The second-order valence-corrected chi connectivity index (χ2v) is 3.37. The van der Waals surface area contributed by atoms with E-state index in [0.29, 0.717) is 18.8 Å². The lowest BCUT2D eigenvalue weighted by molar-refractivity contribution is -0.402. The van der Waals surface area contributed by atoms with Crippen molar-refractivity contribution in [2.45, 2.75) is 19.9 Å². The summed E-state index contributed by atoms with van der Waals surface area (Å²) in [5.74, 6) is 0.249. The molecule has 0 amide bonds. The molecule has 1 aromatic heterocycles. The number of nitrogens with zero attached hydrogens (tertiary/aromatic N) is 3. The van der Waals surface area contributed by atoms with Crippen LogP contribution < -0.4 is 0 Å². The lowest BCUT2D eigenvalue weighted by atomic mass is 10.3. The van der Waals surface area contributed by atoms with Crippen LogP contribution in [0.2, 0.25) is 0 Å². The smallest absolute Gasteiger partial charge is 0.404 e. The second-order valence-electron chi connectivity index (χ2n) is 3.37. The van der Waals surface area contributed by atoms with Crippen LogP contribution in [0.1, 0.15) is 19.1 Å². The number of hydrogen-bond donors (Lipinski definition) is 0. The first-order valence-electron chi connectivity index (χ1n) is 4.99. The maximum Gasteiger partial charge on any atom is 0.433 e. The third kappa shape index (κ3) is 3.37. The first-order chi connectivity index (χ1) is 7.67. The Labute approximate surface area is 93.2 Å². The van der Waals surface area contributed by atoms with Crippen LogP contribution in [0.15, 0.2) is 16.5 Å². The van der Waals surface area contributed by atoms with E-state index in [1.807, 2.05) is 11.8 Å². The molecule has 6 heteroatoms. The molecule has 6 nitrogen and oxygen atoms in total. The van der Waals surface area contributed by atoms with Crippen molar-refractivity contribution in [1.29, 1.82) is 5.26 Å². The van der Waals surface area contributed by atoms with Crippen LogP contribution in [-0.2, 0) is 6.54 Å². The van der Waals surface area contributed by atoms with Gasteiger partial charge in [-0.25, -0.2) is 0 Å². The molecule has 0 aliphatic rings. The Hall–Kier alpha value is -1.87. The summed E-state index contributed by atoms with van der Waals surface area (Å²) in [6.45, 7) is 3.49. The molecule has 16 heavy (non-hydrogen) atoms. The van der Waals surface area contributed by atoms with E-state index in [4.69, 9.17) is 9.68 Å². The lowest BCUT2D eigenvalue weighted by Gasteiger charge is -2.15. The molecule has 0 aromatic carbocycles. The normalized spacial score (nSPS) is 10.3. The molecule has 0 spiro atoms. The van der Waals surface area contributed by atoms with Gasteiger partial charge in [0.25, 0.3) is 0 Å². The molecule has 0 saturated heterocycles. The molecule has 0 aliphatic carbocycles. The highest BCUT2D eigenvalue weighted by molar-refractivity contribution is 5.17. The molecule has 0 unspecified atom stereocenters. The van der Waals surface area contributed by atoms with Crippen molar-refractivity contribution in [2.24, 2.45) is 0 Å². The number of furan rings is 1. The quantitative estimate of drug-likeness (QED) is 0.418. The lowest BCUT2D eigenvalue weighted by Crippen LogP contribution is -2.24. The fraction of sp³-hybridized carbons (Fsp3) is 0.500. The summed E-state index contributed by atoms with van der Waals surface area (Å²) < 4.78 is 5.02. The van der Waals surface area contributed by atoms with Crippen molar-refractivity contribution in [2.75, 3.05) is 13.1 Å². The molecular weight excluding hydrogens is 210 g/mol. The average molecular weight is 223 g/mol. The van der Waals surface area contributed by atoms with Gasteiger partial charge in [0, 0.05) is 0 Å². The minimum atomic E-state index is -0.571. The van der Waals surface area contributed by atoms with Gasteiger partial charge in [-0.1, -0.05) is 6.92 Å². The zero-order valence-electron chi connectivity index (χ0n) is 9.05. The summed E-state index contributed by atoms with van der Waals surface area (Å²) >= 11 is 0. The van der Waals surface area contributed by atoms with Crippen molar-refractivity contribution in [3.05, 3.63) is 28.0 Å². The van der Waals surface area contributed by atoms with E-state index in [1.165, 1.54) is 6.07 Å². The van der Waals surface area contributed by atoms with E-state index < -0.39 is 4.92 Å². The Balaban J connectivity index is 2.62. The van der Waals surface area contributed by atoms with E-state index in [2.05, 4.69) is 6.07 Å². The van der Waals surface area contributed by atoms with Gasteiger partial charge in [-0.05, 0) is 19.0 Å². The van der Waals surface area contributed by atoms with Crippen LogP contribution in [-0.4, -0.2) is 22.9 Å². The zero-order chi connectivity index (χ0) is 12.0. The monoisotopic (exact) mass is 223 g/mol. The molecule has 0 N–H and O–H groups in total. The molecule has 0 saturated carbocycles. The summed E-state index contributed by atoms with van der Waals surface area (Å²) in [7, 11) is 0. The second kappa shape index (κ2) is 5.88. The predicted octanol–water partition coefficient (Wildman–Crippen LogP) is 1.92. The van der Waals surface area contributed by atoms with Crippen molar-refractivity contribution in [3.63, 3.8) is 0 Å². The fourth-order valence-electron chi connectivity index (χ4n) is 1.40. The SMILES string of the molecule is CCCN(CC#N)Cc1ccc([N+](=O)[O-])o1. The maximum absolute atomic E-state index is 10.4. The molecule has 1 aromatic rings. The summed E-state index contributed by atoms with van der Waals surface area (Å²) in [6, 6.07) is 4.95. The zero-order valence-corrected chi connectivity index (χ0v) is 9.05. The third-order valence-corrected chi connectivity index (χ3v) is 2.04. The number of rotatable bonds is 6. The third-order valence-electron chi connectivity index (χ3n) is 2.04. The highest BCUT2D eigenvalue weighted by Crippen LogP contribution is 2.17. The molecule has 0 fully saturated rings. The van der Waals surface area contributed by atoms with Crippen LogP contribution in [0.25, 0.3) is 0 Å². The van der Waals surface area contributed by atoms with Gasteiger partial charge in [0.15, 0.2) is 0 Å². The van der Waals surface area contributed by atoms with Crippen molar-refractivity contribution in [1.82, 2.24) is 4.90 Å². The Bertz CT molecular complexity index is 394. The maximum atomic E-state index is 10.4. The van der Waals surface area contributed by atoms with Crippen LogP contribution in [0, 0.1) is 21.4 Å². The van der Waals surface area contributed by atoms with Crippen LogP contribution in [0.3, 0.4) is 0 Å². The molecule has 86 valence electrons. The van der Waals surface area contributed by atoms with Gasteiger partial charge in [-0.3, -0.25) is 15.0 Å². The van der Waals surface area contributed by atoms with E-state index in [0.717, 1.165) is 13.0 Å². The topological polar surface area (TPSA) is 83.3 Å². The van der Waals surface area contributed by atoms with Gasteiger partial charge in [0.1, 0.15) is 10.7 Å². The van der Waals surface area contributed by atoms with Gasteiger partial charge >= 0.3 is 5.88 Å². The van der Waals surface area contributed by atoms with Crippen molar-refractivity contribution in [3.8, 4) is 6.07 Å². The van der Waals surface area contributed by atoms with Gasteiger partial charge in [0.2, 0.25) is 0 Å². The average Bonchev–Trinajstić information content (AvgIpc) is 2.67. The number of nitro groups is 1. The largest absolute Gasteiger partial charge is 0.433 e. The first-order valence-corrected chi connectivity index (χ1v) is 4.99. The Kier molecular flexibility index (Phi) is 4.48. The summed E-state index contributed by atoms with van der Waals surface area (Å²) in [4.78, 5) is 11.7. The Morgan fingerprint density at radius 1 is 1.62 bits per heavy atom. The molecule has 0 radical (unpaired) electrons. The standard InChI is InChI=1S/C10H13N3O3/c1-2-6-12(7-5-11)8-9-3-4-10(16-9)13(14)15/h3-4H,2,6-8H2,1H3.